The largest absolute Gasteiger partial charge is 0.397 e. The van der Waals surface area contributed by atoms with Gasteiger partial charge in [-0.05, 0) is 24.3 Å². The highest BCUT2D eigenvalue weighted by atomic mass is 32.1. The third-order valence-corrected chi connectivity index (χ3v) is 4.08. The lowest BCUT2D eigenvalue weighted by Crippen LogP contribution is -2.05. The van der Waals surface area contributed by atoms with Crippen LogP contribution in [-0.2, 0) is 6.54 Å². The third-order valence-electron chi connectivity index (χ3n) is 3.28. The first-order valence-corrected chi connectivity index (χ1v) is 8.18. The summed E-state index contributed by atoms with van der Waals surface area (Å²) in [5, 5.41) is 2.59. The van der Waals surface area contributed by atoms with Crippen LogP contribution in [0.15, 0.2) is 71.3 Å². The Labute approximate surface area is 143 Å². The second-order valence-electron chi connectivity index (χ2n) is 4.94. The van der Waals surface area contributed by atoms with Crippen molar-refractivity contribution in [3.05, 3.63) is 88.4 Å². The van der Waals surface area contributed by atoms with E-state index in [0.717, 1.165) is 5.01 Å². The Kier molecular flexibility index (Phi) is 5.08. The van der Waals surface area contributed by atoms with E-state index in [4.69, 9.17) is 5.73 Å². The number of nitrogens with two attached hydrogens (primary N) is 1. The van der Waals surface area contributed by atoms with Crippen molar-refractivity contribution >= 4 is 22.7 Å². The molecule has 0 spiro atoms. The SMILES string of the molecule is NC(=CC(=NCc1ccccc1F)c1nccs1)c1ccccn1. The van der Waals surface area contributed by atoms with Crippen LogP contribution >= 0.6 is 11.3 Å². The van der Waals surface area contributed by atoms with Gasteiger partial charge >= 0.3 is 0 Å². The number of aromatic nitrogens is 2. The molecule has 0 unspecified atom stereocenters. The van der Waals surface area contributed by atoms with E-state index in [9.17, 15) is 4.39 Å². The van der Waals surface area contributed by atoms with Crippen molar-refractivity contribution in [2.45, 2.75) is 6.54 Å². The number of rotatable bonds is 5. The Bertz CT molecular complexity index is 858. The van der Waals surface area contributed by atoms with Crippen LogP contribution in [0.5, 0.6) is 0 Å². The van der Waals surface area contributed by atoms with Gasteiger partial charge in [0.2, 0.25) is 0 Å². The van der Waals surface area contributed by atoms with Crippen LogP contribution in [0.3, 0.4) is 0 Å². The van der Waals surface area contributed by atoms with Crippen LogP contribution in [0.4, 0.5) is 4.39 Å². The van der Waals surface area contributed by atoms with E-state index in [1.165, 1.54) is 17.4 Å². The van der Waals surface area contributed by atoms with Crippen molar-refractivity contribution in [2.75, 3.05) is 0 Å². The monoisotopic (exact) mass is 338 g/mol. The van der Waals surface area contributed by atoms with Gasteiger partial charge in [-0.2, -0.15) is 0 Å². The summed E-state index contributed by atoms with van der Waals surface area (Å²) in [7, 11) is 0. The van der Waals surface area contributed by atoms with Gasteiger partial charge in [0.1, 0.15) is 10.8 Å². The molecule has 0 bridgehead atoms. The minimum Gasteiger partial charge on any atom is -0.397 e. The number of nitrogens with zero attached hydrogens (tertiary/aromatic N) is 3. The lowest BCUT2D eigenvalue weighted by atomic mass is 10.2. The van der Waals surface area contributed by atoms with Crippen molar-refractivity contribution in [3.8, 4) is 0 Å². The zero-order chi connectivity index (χ0) is 16.8. The summed E-state index contributed by atoms with van der Waals surface area (Å²) in [5.74, 6) is -0.276. The predicted octanol–water partition coefficient (Wildman–Crippen LogP) is 3.67. The fourth-order valence-corrected chi connectivity index (χ4v) is 2.69. The number of halogens is 1. The highest BCUT2D eigenvalue weighted by Gasteiger charge is 2.07. The molecule has 0 atom stereocenters. The maximum absolute atomic E-state index is 13.8. The Hall–Kier alpha value is -2.86. The fourth-order valence-electron chi connectivity index (χ4n) is 2.08. The van der Waals surface area contributed by atoms with Gasteiger partial charge in [0, 0.05) is 23.3 Å². The normalized spacial score (nSPS) is 12.4. The first-order chi connectivity index (χ1) is 11.7. The van der Waals surface area contributed by atoms with Crippen LogP contribution in [0.1, 0.15) is 16.3 Å². The first kappa shape index (κ1) is 16.0. The molecule has 0 aliphatic heterocycles. The summed E-state index contributed by atoms with van der Waals surface area (Å²) >= 11 is 1.45. The molecular formula is C18H15FN4S. The highest BCUT2D eigenvalue weighted by Crippen LogP contribution is 2.14. The van der Waals surface area contributed by atoms with Crippen LogP contribution in [0.2, 0.25) is 0 Å². The molecule has 0 fully saturated rings. The average Bonchev–Trinajstić information content (AvgIpc) is 3.15. The molecule has 120 valence electrons. The van der Waals surface area contributed by atoms with E-state index in [0.29, 0.717) is 22.7 Å². The summed E-state index contributed by atoms with van der Waals surface area (Å²) in [4.78, 5) is 13.0. The summed E-state index contributed by atoms with van der Waals surface area (Å²) in [6.45, 7) is 0.216. The zero-order valence-electron chi connectivity index (χ0n) is 12.8. The zero-order valence-corrected chi connectivity index (χ0v) is 13.6. The van der Waals surface area contributed by atoms with Crippen molar-refractivity contribution in [3.63, 3.8) is 0 Å². The van der Waals surface area contributed by atoms with Gasteiger partial charge in [-0.15, -0.1) is 11.3 Å². The van der Waals surface area contributed by atoms with Gasteiger partial charge in [-0.3, -0.25) is 9.98 Å². The molecule has 6 heteroatoms. The second kappa shape index (κ2) is 7.61. The van der Waals surface area contributed by atoms with Crippen molar-refractivity contribution in [1.82, 2.24) is 9.97 Å². The van der Waals surface area contributed by atoms with Gasteiger partial charge in [0.05, 0.1) is 23.6 Å². The smallest absolute Gasteiger partial charge is 0.141 e. The fraction of sp³-hybridized carbons (Fsp3) is 0.0556. The molecule has 2 aromatic heterocycles. The second-order valence-corrected chi connectivity index (χ2v) is 5.84. The highest BCUT2D eigenvalue weighted by molar-refractivity contribution is 7.11. The van der Waals surface area contributed by atoms with Crippen molar-refractivity contribution in [2.24, 2.45) is 10.7 Å². The Morgan fingerprint density at radius 2 is 1.96 bits per heavy atom. The number of pyridine rings is 1. The van der Waals surface area contributed by atoms with E-state index in [1.807, 2.05) is 23.6 Å². The number of thiazole rings is 1. The Balaban J connectivity index is 1.93. The Morgan fingerprint density at radius 3 is 2.67 bits per heavy atom. The first-order valence-electron chi connectivity index (χ1n) is 7.30. The summed E-state index contributed by atoms with van der Waals surface area (Å²) in [5.41, 5.74) is 8.40. The number of allylic oxidation sites excluding steroid dienone is 1. The van der Waals surface area contributed by atoms with Gasteiger partial charge < -0.3 is 5.73 Å². The molecule has 0 amide bonds. The molecule has 3 aromatic rings. The number of benzene rings is 1. The van der Waals surface area contributed by atoms with Crippen LogP contribution in [0.25, 0.3) is 5.70 Å². The standard InChI is InChI=1S/C18H15FN4S/c19-14-6-2-1-5-13(14)12-23-17(18-22-9-10-24-18)11-15(20)16-7-3-4-8-21-16/h1-11H,12,20H2. The summed E-state index contributed by atoms with van der Waals surface area (Å²) in [6, 6.07) is 12.1. The number of hydrogen-bond acceptors (Lipinski definition) is 5. The molecule has 0 aliphatic rings. The molecular weight excluding hydrogens is 323 g/mol. The molecule has 0 saturated carbocycles. The topological polar surface area (TPSA) is 64.2 Å². The molecule has 2 heterocycles. The van der Waals surface area contributed by atoms with E-state index in [2.05, 4.69) is 15.0 Å². The molecule has 3 rings (SSSR count). The van der Waals surface area contributed by atoms with Gasteiger partial charge in [-0.25, -0.2) is 9.37 Å². The lowest BCUT2D eigenvalue weighted by molar-refractivity contribution is 0.611. The number of hydrogen-bond donors (Lipinski definition) is 1. The maximum Gasteiger partial charge on any atom is 0.141 e. The van der Waals surface area contributed by atoms with E-state index >= 15 is 0 Å². The number of aliphatic imine (C=N–C) groups is 1. The maximum atomic E-state index is 13.8. The summed E-state index contributed by atoms with van der Waals surface area (Å²) in [6.07, 6.45) is 5.10. The van der Waals surface area contributed by atoms with Crippen molar-refractivity contribution in [1.29, 1.82) is 0 Å². The minimum atomic E-state index is -0.276. The molecule has 0 radical (unpaired) electrons. The molecule has 4 nitrogen and oxygen atoms in total. The van der Waals surface area contributed by atoms with Crippen LogP contribution in [-0.4, -0.2) is 15.7 Å². The van der Waals surface area contributed by atoms with E-state index < -0.39 is 0 Å². The van der Waals surface area contributed by atoms with Gasteiger partial charge in [-0.1, -0.05) is 24.3 Å². The third kappa shape index (κ3) is 3.91. The van der Waals surface area contributed by atoms with Crippen LogP contribution < -0.4 is 5.73 Å². The Morgan fingerprint density at radius 1 is 1.12 bits per heavy atom. The van der Waals surface area contributed by atoms with Crippen molar-refractivity contribution < 1.29 is 4.39 Å². The quantitative estimate of drug-likeness (QED) is 0.722. The van der Waals surface area contributed by atoms with E-state index in [-0.39, 0.29) is 12.4 Å². The van der Waals surface area contributed by atoms with Gasteiger partial charge in [0.15, 0.2) is 0 Å². The lowest BCUT2D eigenvalue weighted by Gasteiger charge is -2.04. The molecule has 2 N–H and O–H groups in total. The molecule has 1 aromatic carbocycles. The van der Waals surface area contributed by atoms with E-state index in [1.54, 1.807) is 36.7 Å². The summed E-state index contributed by atoms with van der Waals surface area (Å²) < 4.78 is 13.8. The van der Waals surface area contributed by atoms with Gasteiger partial charge in [0.25, 0.3) is 0 Å². The predicted molar refractivity (Wildman–Crippen MR) is 95.2 cm³/mol. The molecule has 24 heavy (non-hydrogen) atoms. The molecule has 0 aliphatic carbocycles. The van der Waals surface area contributed by atoms with Crippen LogP contribution in [0, 0.1) is 5.82 Å². The minimum absolute atomic E-state index is 0.216. The molecule has 0 saturated heterocycles. The average molecular weight is 338 g/mol.